The molecule has 0 spiro atoms. The molecule has 1 aliphatic rings. The van der Waals surface area contributed by atoms with Gasteiger partial charge in [-0.3, -0.25) is 10.1 Å². The van der Waals surface area contributed by atoms with Crippen molar-refractivity contribution in [2.24, 2.45) is 5.92 Å². The predicted octanol–water partition coefficient (Wildman–Crippen LogP) is 1.91. The van der Waals surface area contributed by atoms with Gasteiger partial charge < -0.3 is 10.2 Å². The van der Waals surface area contributed by atoms with Crippen LogP contribution < -0.4 is 5.32 Å². The van der Waals surface area contributed by atoms with Crippen molar-refractivity contribution in [3.05, 3.63) is 29.8 Å². The second-order valence-electron chi connectivity index (χ2n) is 4.60. The van der Waals surface area contributed by atoms with E-state index in [1.54, 1.807) is 18.2 Å². The average molecular weight is 235 g/mol. The van der Waals surface area contributed by atoms with Crippen LogP contribution in [0.4, 0.5) is 0 Å². The van der Waals surface area contributed by atoms with Gasteiger partial charge in [0.1, 0.15) is 11.8 Å². The Hall–Kier alpha value is -1.55. The zero-order valence-electron chi connectivity index (χ0n) is 9.76. The van der Waals surface area contributed by atoms with Crippen LogP contribution in [0.25, 0.3) is 0 Å². The van der Waals surface area contributed by atoms with Gasteiger partial charge in [-0.1, -0.05) is 18.2 Å². The van der Waals surface area contributed by atoms with Crippen molar-refractivity contribution < 1.29 is 15.0 Å². The Bertz CT molecular complexity index is 415. The minimum atomic E-state index is -0.810. The number of phenols is 1. The zero-order chi connectivity index (χ0) is 12.4. The van der Waals surface area contributed by atoms with Crippen LogP contribution in [0.2, 0.25) is 0 Å². The van der Waals surface area contributed by atoms with Gasteiger partial charge >= 0.3 is 5.97 Å². The molecule has 0 radical (unpaired) electrons. The third kappa shape index (κ3) is 2.77. The molecule has 1 aromatic carbocycles. The van der Waals surface area contributed by atoms with E-state index in [9.17, 15) is 9.90 Å². The van der Waals surface area contributed by atoms with E-state index < -0.39 is 12.0 Å². The van der Waals surface area contributed by atoms with Crippen molar-refractivity contribution in [2.45, 2.75) is 31.8 Å². The number of phenolic OH excluding ortho intramolecular Hbond substituents is 1. The number of hydrogen-bond donors (Lipinski definition) is 3. The van der Waals surface area contributed by atoms with Crippen molar-refractivity contribution in [3.8, 4) is 5.75 Å². The van der Waals surface area contributed by atoms with Crippen LogP contribution in [0.15, 0.2) is 24.3 Å². The van der Waals surface area contributed by atoms with E-state index in [1.807, 2.05) is 13.0 Å². The molecule has 0 aliphatic heterocycles. The van der Waals surface area contributed by atoms with E-state index >= 15 is 0 Å². The van der Waals surface area contributed by atoms with Crippen molar-refractivity contribution in [3.63, 3.8) is 0 Å². The van der Waals surface area contributed by atoms with Gasteiger partial charge in [0.15, 0.2) is 0 Å². The molecule has 0 saturated heterocycles. The molecular formula is C13H17NO3. The normalized spacial score (nSPS) is 18.6. The highest BCUT2D eigenvalue weighted by Gasteiger charge is 2.37. The lowest BCUT2D eigenvalue weighted by molar-refractivity contribution is -0.140. The van der Waals surface area contributed by atoms with E-state index in [1.165, 1.54) is 0 Å². The molecule has 2 atom stereocenters. The van der Waals surface area contributed by atoms with Gasteiger partial charge in [0.05, 0.1) is 0 Å². The van der Waals surface area contributed by atoms with E-state index in [4.69, 9.17) is 5.11 Å². The summed E-state index contributed by atoms with van der Waals surface area (Å²) in [6, 6.07) is 6.32. The number of nitrogens with one attached hydrogen (secondary N) is 1. The molecule has 2 unspecified atom stereocenters. The largest absolute Gasteiger partial charge is 0.508 e. The topological polar surface area (TPSA) is 69.6 Å². The standard InChI is InChI=1S/C13H17NO3/c1-8(10-4-2-3-5-11(10)15)14-12(13(16)17)9-6-7-9/h2-5,8-9,12,14-15H,6-7H2,1H3,(H,16,17). The van der Waals surface area contributed by atoms with Crippen molar-refractivity contribution in [1.82, 2.24) is 5.32 Å². The molecule has 4 heteroatoms. The average Bonchev–Trinajstić information content (AvgIpc) is 3.09. The molecule has 1 fully saturated rings. The Kier molecular flexibility index (Phi) is 3.33. The summed E-state index contributed by atoms with van der Waals surface area (Å²) in [7, 11) is 0. The molecule has 1 aliphatic carbocycles. The number of rotatable bonds is 5. The van der Waals surface area contributed by atoms with Crippen LogP contribution in [0.1, 0.15) is 31.4 Å². The molecule has 0 bridgehead atoms. The number of para-hydroxylation sites is 1. The lowest BCUT2D eigenvalue weighted by atomic mass is 10.0. The fourth-order valence-electron chi connectivity index (χ4n) is 2.05. The Morgan fingerprint density at radius 2 is 2.06 bits per heavy atom. The smallest absolute Gasteiger partial charge is 0.320 e. The minimum Gasteiger partial charge on any atom is -0.508 e. The summed E-state index contributed by atoms with van der Waals surface area (Å²) in [6.45, 7) is 1.87. The van der Waals surface area contributed by atoms with E-state index in [0.29, 0.717) is 0 Å². The van der Waals surface area contributed by atoms with Crippen molar-refractivity contribution in [1.29, 1.82) is 0 Å². The third-order valence-electron chi connectivity index (χ3n) is 3.19. The molecule has 3 N–H and O–H groups in total. The number of benzene rings is 1. The van der Waals surface area contributed by atoms with Crippen LogP contribution in [0.5, 0.6) is 5.75 Å². The Balaban J connectivity index is 2.07. The van der Waals surface area contributed by atoms with E-state index in [-0.39, 0.29) is 17.7 Å². The SMILES string of the molecule is CC(NC(C(=O)O)C1CC1)c1ccccc1O. The molecule has 0 amide bonds. The van der Waals surface area contributed by atoms with Gasteiger partial charge in [-0.05, 0) is 31.7 Å². The van der Waals surface area contributed by atoms with Crippen molar-refractivity contribution >= 4 is 5.97 Å². The molecule has 1 aromatic rings. The lowest BCUT2D eigenvalue weighted by Crippen LogP contribution is -2.40. The second-order valence-corrected chi connectivity index (χ2v) is 4.60. The van der Waals surface area contributed by atoms with Gasteiger partial charge in [0, 0.05) is 11.6 Å². The fourth-order valence-corrected chi connectivity index (χ4v) is 2.05. The number of carboxylic acids is 1. The van der Waals surface area contributed by atoms with Crippen LogP contribution in [0, 0.1) is 5.92 Å². The molecule has 92 valence electrons. The summed E-state index contributed by atoms with van der Waals surface area (Å²) >= 11 is 0. The van der Waals surface area contributed by atoms with Crippen molar-refractivity contribution in [2.75, 3.05) is 0 Å². The maximum Gasteiger partial charge on any atom is 0.320 e. The van der Waals surface area contributed by atoms with Gasteiger partial charge in [0.25, 0.3) is 0 Å². The highest BCUT2D eigenvalue weighted by Crippen LogP contribution is 2.34. The molecule has 2 rings (SSSR count). The predicted molar refractivity (Wildman–Crippen MR) is 63.8 cm³/mol. The highest BCUT2D eigenvalue weighted by molar-refractivity contribution is 5.74. The molecule has 0 aromatic heterocycles. The van der Waals surface area contributed by atoms with E-state index in [2.05, 4.69) is 5.32 Å². The van der Waals surface area contributed by atoms with Gasteiger partial charge in [-0.25, -0.2) is 0 Å². The van der Waals surface area contributed by atoms with Gasteiger partial charge in [0.2, 0.25) is 0 Å². The first-order valence-electron chi connectivity index (χ1n) is 5.86. The van der Waals surface area contributed by atoms with E-state index in [0.717, 1.165) is 18.4 Å². The first-order chi connectivity index (χ1) is 8.09. The first-order valence-corrected chi connectivity index (χ1v) is 5.86. The summed E-state index contributed by atoms with van der Waals surface area (Å²) in [5.41, 5.74) is 0.736. The van der Waals surface area contributed by atoms with Gasteiger partial charge in [-0.2, -0.15) is 0 Å². The Morgan fingerprint density at radius 1 is 1.41 bits per heavy atom. The summed E-state index contributed by atoms with van der Waals surface area (Å²) < 4.78 is 0. The number of hydrogen-bond acceptors (Lipinski definition) is 3. The molecule has 1 saturated carbocycles. The molecule has 17 heavy (non-hydrogen) atoms. The van der Waals surface area contributed by atoms with Gasteiger partial charge in [-0.15, -0.1) is 0 Å². The molecule has 4 nitrogen and oxygen atoms in total. The second kappa shape index (κ2) is 4.75. The quantitative estimate of drug-likeness (QED) is 0.729. The maximum absolute atomic E-state index is 11.1. The molecule has 0 heterocycles. The lowest BCUT2D eigenvalue weighted by Gasteiger charge is -2.20. The summed E-state index contributed by atoms with van der Waals surface area (Å²) in [5, 5.41) is 21.9. The fraction of sp³-hybridized carbons (Fsp3) is 0.462. The summed E-state index contributed by atoms with van der Waals surface area (Å²) in [6.07, 6.45) is 1.94. The monoisotopic (exact) mass is 235 g/mol. The zero-order valence-corrected chi connectivity index (χ0v) is 9.76. The van der Waals surface area contributed by atoms with Crippen LogP contribution in [-0.2, 0) is 4.79 Å². The first kappa shape index (κ1) is 11.9. The number of aliphatic carboxylic acids is 1. The Morgan fingerprint density at radius 3 is 2.59 bits per heavy atom. The number of carbonyl (C=O) groups is 1. The number of carboxylic acid groups (broad SMARTS) is 1. The Labute approximate surface area is 100 Å². The van der Waals surface area contributed by atoms with Crippen LogP contribution in [-0.4, -0.2) is 22.2 Å². The number of aromatic hydroxyl groups is 1. The highest BCUT2D eigenvalue weighted by atomic mass is 16.4. The minimum absolute atomic E-state index is 0.169. The van der Waals surface area contributed by atoms with Crippen LogP contribution in [0.3, 0.4) is 0 Å². The maximum atomic E-state index is 11.1. The molecular weight excluding hydrogens is 218 g/mol. The summed E-state index contributed by atoms with van der Waals surface area (Å²) in [5.74, 6) is -0.372. The van der Waals surface area contributed by atoms with Crippen LogP contribution >= 0.6 is 0 Å². The summed E-state index contributed by atoms with van der Waals surface area (Å²) in [4.78, 5) is 11.1. The third-order valence-corrected chi connectivity index (χ3v) is 3.19.